The second kappa shape index (κ2) is 8.73. The van der Waals surface area contributed by atoms with Crippen LogP contribution in [0.5, 0.6) is 17.5 Å². The maximum atomic E-state index is 14.2. The van der Waals surface area contributed by atoms with Crippen LogP contribution in [0.2, 0.25) is 0 Å². The number of aromatic nitrogens is 1. The van der Waals surface area contributed by atoms with Crippen molar-refractivity contribution in [2.24, 2.45) is 0 Å². The number of aromatic hydroxyl groups is 2. The van der Waals surface area contributed by atoms with Crippen molar-refractivity contribution >= 4 is 5.69 Å². The maximum Gasteiger partial charge on any atom is 0.196 e. The molecular weight excluding hydrogens is 361 g/mol. The number of hydrogen-bond acceptors (Lipinski definition) is 5. The minimum Gasteiger partial charge on any atom is -0.494 e. The molecule has 0 aliphatic carbocycles. The normalized spacial score (nSPS) is 15.4. The molecule has 1 aromatic heterocycles. The van der Waals surface area contributed by atoms with Crippen LogP contribution in [0, 0.1) is 12.7 Å². The number of rotatable bonds is 7. The van der Waals surface area contributed by atoms with Gasteiger partial charge in [-0.3, -0.25) is 9.47 Å². The Balaban J connectivity index is 1.53. The van der Waals surface area contributed by atoms with Gasteiger partial charge in [-0.1, -0.05) is 6.07 Å². The van der Waals surface area contributed by atoms with Crippen molar-refractivity contribution in [3.05, 3.63) is 35.6 Å². The van der Waals surface area contributed by atoms with E-state index in [0.717, 1.165) is 44.8 Å². The molecule has 1 aliphatic rings. The molecule has 154 valence electrons. The van der Waals surface area contributed by atoms with Gasteiger partial charge in [-0.2, -0.15) is 0 Å². The van der Waals surface area contributed by atoms with Gasteiger partial charge in [0, 0.05) is 44.4 Å². The van der Waals surface area contributed by atoms with Gasteiger partial charge in [0.25, 0.3) is 0 Å². The minimum absolute atomic E-state index is 0.0814. The average molecular weight is 391 g/mol. The first kappa shape index (κ1) is 20.3. The van der Waals surface area contributed by atoms with E-state index in [1.807, 2.05) is 19.9 Å². The summed E-state index contributed by atoms with van der Waals surface area (Å²) in [6.07, 6.45) is 0.749. The van der Waals surface area contributed by atoms with E-state index >= 15 is 0 Å². The molecule has 1 fully saturated rings. The molecule has 6 nitrogen and oxygen atoms in total. The smallest absolute Gasteiger partial charge is 0.196 e. The Labute approximate surface area is 165 Å². The van der Waals surface area contributed by atoms with Gasteiger partial charge in [-0.25, -0.2) is 4.39 Å². The average Bonchev–Trinajstić information content (AvgIpc) is 2.90. The Morgan fingerprint density at radius 1 is 1.11 bits per heavy atom. The van der Waals surface area contributed by atoms with E-state index in [0.29, 0.717) is 17.9 Å². The first-order chi connectivity index (χ1) is 13.4. The van der Waals surface area contributed by atoms with E-state index in [-0.39, 0.29) is 23.7 Å². The van der Waals surface area contributed by atoms with Crippen molar-refractivity contribution in [2.45, 2.75) is 39.8 Å². The zero-order chi connectivity index (χ0) is 20.3. The molecule has 1 saturated heterocycles. The summed E-state index contributed by atoms with van der Waals surface area (Å²) in [5.41, 5.74) is 1.49. The van der Waals surface area contributed by atoms with Gasteiger partial charge >= 0.3 is 0 Å². The number of ether oxygens (including phenoxy) is 1. The fourth-order valence-corrected chi connectivity index (χ4v) is 3.64. The Kier molecular flexibility index (Phi) is 6.34. The third-order valence-corrected chi connectivity index (χ3v) is 5.10. The molecular formula is C21H30FN3O3. The van der Waals surface area contributed by atoms with Crippen LogP contribution in [0.3, 0.4) is 0 Å². The summed E-state index contributed by atoms with van der Waals surface area (Å²) < 4.78 is 21.5. The largest absolute Gasteiger partial charge is 0.494 e. The number of nitrogens with zero attached hydrogens (tertiary/aromatic N) is 3. The SMILES string of the molecule is Cc1cc(O)n(CCCN2CCN(c3cccc(F)c3OC(C)C)CC2)c1O. The standard InChI is InChI=1S/C21H30FN3O3/c1-15(2)28-20-17(22)6-4-7-18(20)24-12-10-23(11-13-24)8-5-9-25-19(26)14-16(3)21(25)27/h4,6-7,14-15,26-27H,5,8-13H2,1-3H3. The van der Waals surface area contributed by atoms with Crippen molar-refractivity contribution in [3.8, 4) is 17.5 Å². The zero-order valence-electron chi connectivity index (χ0n) is 16.9. The van der Waals surface area contributed by atoms with E-state index in [1.165, 1.54) is 10.6 Å². The molecule has 2 heterocycles. The lowest BCUT2D eigenvalue weighted by Crippen LogP contribution is -2.47. The third-order valence-electron chi connectivity index (χ3n) is 5.10. The Morgan fingerprint density at radius 3 is 2.43 bits per heavy atom. The molecule has 2 N–H and O–H groups in total. The fraction of sp³-hybridized carbons (Fsp3) is 0.524. The van der Waals surface area contributed by atoms with E-state index in [2.05, 4.69) is 9.80 Å². The second-order valence-electron chi connectivity index (χ2n) is 7.60. The van der Waals surface area contributed by atoms with Gasteiger partial charge in [-0.05, 0) is 45.9 Å². The van der Waals surface area contributed by atoms with Crippen LogP contribution < -0.4 is 9.64 Å². The Morgan fingerprint density at radius 2 is 1.82 bits per heavy atom. The number of halogens is 1. The van der Waals surface area contributed by atoms with E-state index < -0.39 is 0 Å². The van der Waals surface area contributed by atoms with Gasteiger partial charge in [0.2, 0.25) is 0 Å². The Bertz CT molecular complexity index is 798. The number of piperazine rings is 1. The first-order valence-corrected chi connectivity index (χ1v) is 9.87. The highest BCUT2D eigenvalue weighted by Crippen LogP contribution is 2.33. The van der Waals surface area contributed by atoms with Crippen molar-refractivity contribution in [1.29, 1.82) is 0 Å². The molecule has 0 unspecified atom stereocenters. The summed E-state index contributed by atoms with van der Waals surface area (Å²) in [4.78, 5) is 4.52. The van der Waals surface area contributed by atoms with Crippen LogP contribution in [0.4, 0.5) is 10.1 Å². The van der Waals surface area contributed by atoms with Crippen LogP contribution in [0.15, 0.2) is 24.3 Å². The van der Waals surface area contributed by atoms with E-state index in [1.54, 1.807) is 19.1 Å². The highest BCUT2D eigenvalue weighted by Gasteiger charge is 2.22. The molecule has 0 amide bonds. The van der Waals surface area contributed by atoms with Crippen molar-refractivity contribution in [1.82, 2.24) is 9.47 Å². The predicted molar refractivity (Wildman–Crippen MR) is 108 cm³/mol. The molecule has 2 aromatic rings. The molecule has 0 saturated carbocycles. The maximum absolute atomic E-state index is 14.2. The zero-order valence-corrected chi connectivity index (χ0v) is 16.9. The van der Waals surface area contributed by atoms with Gasteiger partial charge in [0.1, 0.15) is 0 Å². The first-order valence-electron chi connectivity index (χ1n) is 9.87. The van der Waals surface area contributed by atoms with E-state index in [4.69, 9.17) is 4.74 Å². The van der Waals surface area contributed by atoms with Crippen molar-refractivity contribution in [2.75, 3.05) is 37.6 Å². The van der Waals surface area contributed by atoms with Crippen LogP contribution in [0.25, 0.3) is 0 Å². The summed E-state index contributed by atoms with van der Waals surface area (Å²) in [5, 5.41) is 19.8. The molecule has 1 aromatic carbocycles. The van der Waals surface area contributed by atoms with Crippen molar-refractivity contribution < 1.29 is 19.3 Å². The topological polar surface area (TPSA) is 61.1 Å². The summed E-state index contributed by atoms with van der Waals surface area (Å²) in [6, 6.07) is 6.65. The monoisotopic (exact) mass is 391 g/mol. The lowest BCUT2D eigenvalue weighted by atomic mass is 10.2. The van der Waals surface area contributed by atoms with Gasteiger partial charge in [-0.15, -0.1) is 0 Å². The quantitative estimate of drug-likeness (QED) is 0.758. The summed E-state index contributed by atoms with van der Waals surface area (Å²) in [6.45, 7) is 10.4. The van der Waals surface area contributed by atoms with Crippen LogP contribution in [0.1, 0.15) is 25.8 Å². The van der Waals surface area contributed by atoms with Gasteiger partial charge < -0.3 is 19.8 Å². The lowest BCUT2D eigenvalue weighted by Gasteiger charge is -2.37. The third kappa shape index (κ3) is 4.52. The lowest BCUT2D eigenvalue weighted by molar-refractivity contribution is 0.226. The molecule has 7 heteroatoms. The highest BCUT2D eigenvalue weighted by molar-refractivity contribution is 5.59. The molecule has 3 rings (SSSR count). The molecule has 0 bridgehead atoms. The van der Waals surface area contributed by atoms with Crippen LogP contribution in [-0.2, 0) is 6.54 Å². The van der Waals surface area contributed by atoms with Crippen LogP contribution in [-0.4, -0.2) is 58.5 Å². The van der Waals surface area contributed by atoms with Gasteiger partial charge in [0.15, 0.2) is 23.3 Å². The highest BCUT2D eigenvalue weighted by atomic mass is 19.1. The number of benzene rings is 1. The second-order valence-corrected chi connectivity index (χ2v) is 7.60. The summed E-state index contributed by atoms with van der Waals surface area (Å²) >= 11 is 0. The summed E-state index contributed by atoms with van der Waals surface area (Å²) in [7, 11) is 0. The Hall–Kier alpha value is -2.41. The predicted octanol–water partition coefficient (Wildman–Crippen LogP) is 3.35. The molecule has 1 aliphatic heterocycles. The fourth-order valence-electron chi connectivity index (χ4n) is 3.64. The number of anilines is 1. The number of hydrogen-bond donors (Lipinski definition) is 2. The number of para-hydroxylation sites is 1. The molecule has 0 atom stereocenters. The van der Waals surface area contributed by atoms with Crippen LogP contribution >= 0.6 is 0 Å². The van der Waals surface area contributed by atoms with Crippen molar-refractivity contribution in [3.63, 3.8) is 0 Å². The summed E-state index contributed by atoms with van der Waals surface area (Å²) in [5.74, 6) is 0.241. The van der Waals surface area contributed by atoms with E-state index in [9.17, 15) is 14.6 Å². The number of aryl methyl sites for hydroxylation is 1. The molecule has 0 spiro atoms. The van der Waals surface area contributed by atoms with Gasteiger partial charge in [0.05, 0.1) is 11.8 Å². The minimum atomic E-state index is -0.324. The molecule has 28 heavy (non-hydrogen) atoms. The molecule has 0 radical (unpaired) electrons.